The highest BCUT2D eigenvalue weighted by Crippen LogP contribution is 2.26. The third kappa shape index (κ3) is 7.18. The van der Waals surface area contributed by atoms with Gasteiger partial charge in [0.05, 0.1) is 25.3 Å². The first-order valence-corrected chi connectivity index (χ1v) is 12.1. The molecule has 0 aliphatic carbocycles. The van der Waals surface area contributed by atoms with E-state index in [1.165, 1.54) is 0 Å². The number of thiocarbonyl (C=S) groups is 1. The molecule has 0 saturated heterocycles. The van der Waals surface area contributed by atoms with Gasteiger partial charge in [-0.2, -0.15) is 0 Å². The molecule has 0 heterocycles. The van der Waals surface area contributed by atoms with Crippen molar-refractivity contribution < 1.29 is 19.1 Å². The second-order valence-electron chi connectivity index (χ2n) is 7.31. The number of anilines is 1. The highest BCUT2D eigenvalue weighted by atomic mass is 35.5. The first-order chi connectivity index (χ1) is 16.8. The molecule has 0 unspecified atom stereocenters. The number of amides is 1. The van der Waals surface area contributed by atoms with Gasteiger partial charge in [-0.3, -0.25) is 10.1 Å². The fraction of sp³-hybridized carbons (Fsp3) is 0.192. The van der Waals surface area contributed by atoms with Crippen molar-refractivity contribution in [2.75, 3.05) is 18.1 Å². The number of nitrogens with one attached hydrogen (secondary N) is 1. The molecular formula is C26H24Cl2N2O4S. The van der Waals surface area contributed by atoms with Crippen molar-refractivity contribution in [2.24, 2.45) is 0 Å². The summed E-state index contributed by atoms with van der Waals surface area (Å²) in [6, 6.07) is 18.7. The molecule has 0 radical (unpaired) electrons. The molecule has 0 aliphatic heterocycles. The maximum absolute atomic E-state index is 12.9. The van der Waals surface area contributed by atoms with Crippen LogP contribution >= 0.6 is 35.4 Å². The number of hydrogen-bond donors (Lipinski definition) is 1. The molecule has 1 N–H and O–H groups in total. The van der Waals surface area contributed by atoms with Crippen molar-refractivity contribution in [3.8, 4) is 5.75 Å². The van der Waals surface area contributed by atoms with E-state index in [1.54, 1.807) is 78.6 Å². The number of nitrogens with zero attached hydrogens (tertiary/aromatic N) is 1. The lowest BCUT2D eigenvalue weighted by atomic mass is 10.1. The van der Waals surface area contributed by atoms with Gasteiger partial charge in [0.1, 0.15) is 5.75 Å². The standard InChI is InChI=1S/C26H24Cl2N2O4S/c1-3-33-22-7-5-6-18(14-22)24(31)29-26(35)30(16-19-8-11-20(27)15-23(19)28)21-12-9-17(10-13-21)25(32)34-4-2/h5-15H,3-4,16H2,1-2H3,(H,29,31,35). The first-order valence-electron chi connectivity index (χ1n) is 10.9. The topological polar surface area (TPSA) is 67.9 Å². The Morgan fingerprint density at radius 3 is 2.34 bits per heavy atom. The van der Waals surface area contributed by atoms with E-state index >= 15 is 0 Å². The zero-order valence-electron chi connectivity index (χ0n) is 19.2. The van der Waals surface area contributed by atoms with E-state index in [1.807, 2.05) is 6.92 Å². The Bertz CT molecular complexity index is 1220. The second-order valence-corrected chi connectivity index (χ2v) is 8.54. The number of esters is 1. The van der Waals surface area contributed by atoms with Crippen molar-refractivity contribution in [3.05, 3.63) is 93.5 Å². The average molecular weight is 531 g/mol. The van der Waals surface area contributed by atoms with Crippen LogP contribution in [0.4, 0.5) is 5.69 Å². The largest absolute Gasteiger partial charge is 0.494 e. The van der Waals surface area contributed by atoms with Crippen LogP contribution in [0, 0.1) is 0 Å². The van der Waals surface area contributed by atoms with Crippen LogP contribution in [0.2, 0.25) is 10.0 Å². The van der Waals surface area contributed by atoms with Gasteiger partial charge in [-0.25, -0.2) is 4.79 Å². The molecule has 182 valence electrons. The van der Waals surface area contributed by atoms with Crippen LogP contribution in [0.3, 0.4) is 0 Å². The summed E-state index contributed by atoms with van der Waals surface area (Å²) >= 11 is 18.1. The fourth-order valence-electron chi connectivity index (χ4n) is 3.22. The molecule has 9 heteroatoms. The Morgan fingerprint density at radius 2 is 1.69 bits per heavy atom. The van der Waals surface area contributed by atoms with E-state index in [-0.39, 0.29) is 24.2 Å². The zero-order valence-corrected chi connectivity index (χ0v) is 21.5. The number of carbonyl (C=O) groups is 2. The summed E-state index contributed by atoms with van der Waals surface area (Å²) in [5.41, 5.74) is 2.21. The molecule has 0 fully saturated rings. The number of hydrogen-bond acceptors (Lipinski definition) is 5. The maximum Gasteiger partial charge on any atom is 0.338 e. The summed E-state index contributed by atoms with van der Waals surface area (Å²) in [4.78, 5) is 26.7. The Kier molecular flexibility index (Phi) is 9.48. The predicted molar refractivity (Wildman–Crippen MR) is 143 cm³/mol. The van der Waals surface area contributed by atoms with E-state index in [9.17, 15) is 9.59 Å². The van der Waals surface area contributed by atoms with Crippen LogP contribution in [0.15, 0.2) is 66.7 Å². The van der Waals surface area contributed by atoms with Crippen LogP contribution < -0.4 is 15.0 Å². The Balaban J connectivity index is 1.88. The van der Waals surface area contributed by atoms with E-state index in [4.69, 9.17) is 44.9 Å². The highest BCUT2D eigenvalue weighted by molar-refractivity contribution is 7.80. The summed E-state index contributed by atoms with van der Waals surface area (Å²) in [5.74, 6) is -0.214. The van der Waals surface area contributed by atoms with Crippen molar-refractivity contribution >= 4 is 58.1 Å². The van der Waals surface area contributed by atoms with Gasteiger partial charge in [0.15, 0.2) is 5.11 Å². The lowest BCUT2D eigenvalue weighted by molar-refractivity contribution is 0.0526. The summed E-state index contributed by atoms with van der Waals surface area (Å²) in [5, 5.41) is 3.90. The molecule has 3 aromatic rings. The van der Waals surface area contributed by atoms with Crippen LogP contribution in [0.5, 0.6) is 5.75 Å². The molecule has 1 amide bonds. The number of ether oxygens (including phenoxy) is 2. The van der Waals surface area contributed by atoms with Gasteiger partial charge >= 0.3 is 5.97 Å². The second kappa shape index (κ2) is 12.5. The maximum atomic E-state index is 12.9. The van der Waals surface area contributed by atoms with Gasteiger partial charge < -0.3 is 14.4 Å². The first kappa shape index (κ1) is 26.5. The Morgan fingerprint density at radius 1 is 0.943 bits per heavy atom. The molecule has 35 heavy (non-hydrogen) atoms. The van der Waals surface area contributed by atoms with Gasteiger partial charge in [-0.1, -0.05) is 35.3 Å². The van der Waals surface area contributed by atoms with Gasteiger partial charge in [0.2, 0.25) is 0 Å². The third-order valence-electron chi connectivity index (χ3n) is 4.91. The SMILES string of the molecule is CCOC(=O)c1ccc(N(Cc2ccc(Cl)cc2Cl)C(=S)NC(=O)c2cccc(OCC)c2)cc1. The van der Waals surface area contributed by atoms with Gasteiger partial charge in [0, 0.05) is 21.3 Å². The summed E-state index contributed by atoms with van der Waals surface area (Å²) < 4.78 is 10.5. The number of carbonyl (C=O) groups excluding carboxylic acids is 2. The van der Waals surface area contributed by atoms with Gasteiger partial charge in [-0.15, -0.1) is 0 Å². The van der Waals surface area contributed by atoms with Gasteiger partial charge in [0.25, 0.3) is 5.91 Å². The predicted octanol–water partition coefficient (Wildman–Crippen LogP) is 6.29. The Hall–Kier alpha value is -3.13. The summed E-state index contributed by atoms with van der Waals surface area (Å²) in [6.07, 6.45) is 0. The zero-order chi connectivity index (χ0) is 25.4. The minimum absolute atomic E-state index is 0.159. The fourth-order valence-corrected chi connectivity index (χ4v) is 3.95. The molecule has 0 bridgehead atoms. The normalized spacial score (nSPS) is 10.4. The van der Waals surface area contributed by atoms with E-state index in [0.717, 1.165) is 5.56 Å². The van der Waals surface area contributed by atoms with Crippen LogP contribution in [0.25, 0.3) is 0 Å². The van der Waals surface area contributed by atoms with Crippen molar-refractivity contribution in [3.63, 3.8) is 0 Å². The molecule has 6 nitrogen and oxygen atoms in total. The minimum atomic E-state index is -0.420. The van der Waals surface area contributed by atoms with Crippen molar-refractivity contribution in [1.82, 2.24) is 5.32 Å². The van der Waals surface area contributed by atoms with Crippen molar-refractivity contribution in [2.45, 2.75) is 20.4 Å². The quantitative estimate of drug-likeness (QED) is 0.272. The minimum Gasteiger partial charge on any atom is -0.494 e. The van der Waals surface area contributed by atoms with Crippen LogP contribution in [0.1, 0.15) is 40.1 Å². The smallest absolute Gasteiger partial charge is 0.338 e. The molecule has 3 rings (SSSR count). The lowest BCUT2D eigenvalue weighted by Gasteiger charge is -2.26. The van der Waals surface area contributed by atoms with E-state index in [0.29, 0.717) is 39.2 Å². The lowest BCUT2D eigenvalue weighted by Crippen LogP contribution is -2.42. The van der Waals surface area contributed by atoms with Crippen LogP contribution in [-0.4, -0.2) is 30.2 Å². The summed E-state index contributed by atoms with van der Waals surface area (Å²) in [6.45, 7) is 4.64. The summed E-state index contributed by atoms with van der Waals surface area (Å²) in [7, 11) is 0. The Labute approximate surface area is 219 Å². The van der Waals surface area contributed by atoms with Gasteiger partial charge in [-0.05, 0) is 86.2 Å². The molecule has 0 saturated carbocycles. The van der Waals surface area contributed by atoms with Crippen molar-refractivity contribution in [1.29, 1.82) is 0 Å². The van der Waals surface area contributed by atoms with E-state index < -0.39 is 5.97 Å². The molecule has 0 atom stereocenters. The molecule has 0 spiro atoms. The average Bonchev–Trinajstić information content (AvgIpc) is 2.84. The van der Waals surface area contributed by atoms with E-state index in [2.05, 4.69) is 5.32 Å². The molecule has 0 aromatic heterocycles. The number of rotatable bonds is 8. The van der Waals surface area contributed by atoms with Crippen LogP contribution in [-0.2, 0) is 11.3 Å². The number of benzene rings is 3. The molecular weight excluding hydrogens is 507 g/mol. The monoisotopic (exact) mass is 530 g/mol. The molecule has 3 aromatic carbocycles. The molecule has 0 aliphatic rings. The third-order valence-corrected chi connectivity index (χ3v) is 5.82. The number of halogens is 2. The highest BCUT2D eigenvalue weighted by Gasteiger charge is 2.19.